The summed E-state index contributed by atoms with van der Waals surface area (Å²) >= 11 is 0. The maximum atomic E-state index is 12.4. The first-order chi connectivity index (χ1) is 9.04. The zero-order chi connectivity index (χ0) is 13.9. The van der Waals surface area contributed by atoms with Crippen molar-refractivity contribution < 1.29 is 9.00 Å². The van der Waals surface area contributed by atoms with Crippen molar-refractivity contribution in [3.63, 3.8) is 0 Å². The van der Waals surface area contributed by atoms with Crippen molar-refractivity contribution in [1.29, 1.82) is 0 Å². The Kier molecular flexibility index (Phi) is 4.35. The van der Waals surface area contributed by atoms with Gasteiger partial charge in [-0.05, 0) is 48.0 Å². The standard InChI is InChI=1S/C16H20O2S/c1-16(2)10-6-7-13(11-17)15(16)12-19(18)14-8-4-3-5-9-14/h3-5,8-9,11H,6-7,10,12H2,1-2H3/t19-/m0/s1. The predicted octanol–water partition coefficient (Wildman–Crippen LogP) is 3.50. The maximum absolute atomic E-state index is 12.4. The molecule has 2 rings (SSSR count). The number of hydrogen-bond donors (Lipinski definition) is 0. The molecule has 1 aliphatic carbocycles. The number of allylic oxidation sites excluding steroid dienone is 1. The van der Waals surface area contributed by atoms with Crippen LogP contribution in [0.3, 0.4) is 0 Å². The third-order valence-corrected chi connectivity index (χ3v) is 5.23. The molecule has 1 aromatic rings. The average Bonchev–Trinajstić information content (AvgIpc) is 2.41. The second kappa shape index (κ2) is 5.83. The molecule has 0 aromatic heterocycles. The maximum Gasteiger partial charge on any atom is 0.146 e. The Morgan fingerprint density at radius 2 is 1.95 bits per heavy atom. The number of aldehydes is 1. The summed E-state index contributed by atoms with van der Waals surface area (Å²) in [6, 6.07) is 9.48. The minimum absolute atomic E-state index is 0.0149. The van der Waals surface area contributed by atoms with Crippen LogP contribution in [-0.2, 0) is 15.6 Å². The van der Waals surface area contributed by atoms with E-state index >= 15 is 0 Å². The van der Waals surface area contributed by atoms with Gasteiger partial charge in [-0.1, -0.05) is 32.0 Å². The first kappa shape index (κ1) is 14.2. The van der Waals surface area contributed by atoms with Crippen LogP contribution >= 0.6 is 0 Å². The van der Waals surface area contributed by atoms with Crippen molar-refractivity contribution in [3.05, 3.63) is 41.5 Å². The molecular weight excluding hydrogens is 256 g/mol. The van der Waals surface area contributed by atoms with Crippen LogP contribution in [-0.4, -0.2) is 16.2 Å². The molecule has 0 spiro atoms. The Labute approximate surface area is 117 Å². The molecule has 1 atom stereocenters. The molecule has 1 aromatic carbocycles. The largest absolute Gasteiger partial charge is 0.298 e. The van der Waals surface area contributed by atoms with Gasteiger partial charge >= 0.3 is 0 Å². The van der Waals surface area contributed by atoms with Gasteiger partial charge in [0, 0.05) is 4.90 Å². The van der Waals surface area contributed by atoms with E-state index in [4.69, 9.17) is 0 Å². The van der Waals surface area contributed by atoms with E-state index in [1.54, 1.807) is 0 Å². The molecule has 2 nitrogen and oxygen atoms in total. The molecule has 0 fully saturated rings. The predicted molar refractivity (Wildman–Crippen MR) is 78.4 cm³/mol. The van der Waals surface area contributed by atoms with Gasteiger partial charge in [-0.3, -0.25) is 9.00 Å². The van der Waals surface area contributed by atoms with E-state index < -0.39 is 10.8 Å². The second-order valence-corrected chi connectivity index (χ2v) is 7.11. The second-order valence-electron chi connectivity index (χ2n) is 5.66. The topological polar surface area (TPSA) is 34.1 Å². The molecule has 0 heterocycles. The molecule has 0 radical (unpaired) electrons. The number of carbonyl (C=O) groups excluding carboxylic acids is 1. The van der Waals surface area contributed by atoms with Crippen LogP contribution in [0, 0.1) is 5.41 Å². The van der Waals surface area contributed by atoms with Crippen LogP contribution in [0.2, 0.25) is 0 Å². The monoisotopic (exact) mass is 276 g/mol. The third-order valence-electron chi connectivity index (χ3n) is 3.88. The van der Waals surface area contributed by atoms with Gasteiger partial charge in [0.05, 0.1) is 16.6 Å². The summed E-state index contributed by atoms with van der Waals surface area (Å²) in [4.78, 5) is 12.1. The normalized spacial score (nSPS) is 20.1. The van der Waals surface area contributed by atoms with Crippen molar-refractivity contribution in [2.24, 2.45) is 5.41 Å². The number of rotatable bonds is 4. The summed E-state index contributed by atoms with van der Waals surface area (Å²) in [5, 5.41) is 0. The van der Waals surface area contributed by atoms with Gasteiger partial charge in [-0.2, -0.15) is 0 Å². The van der Waals surface area contributed by atoms with Crippen molar-refractivity contribution in [2.75, 3.05) is 5.75 Å². The van der Waals surface area contributed by atoms with Gasteiger partial charge in [-0.25, -0.2) is 0 Å². The molecule has 1 aliphatic rings. The lowest BCUT2D eigenvalue weighted by Gasteiger charge is -2.33. The first-order valence-corrected chi connectivity index (χ1v) is 7.97. The molecule has 0 N–H and O–H groups in total. The molecular formula is C16H20O2S. The van der Waals surface area contributed by atoms with Crippen molar-refractivity contribution >= 4 is 17.1 Å². The summed E-state index contributed by atoms with van der Waals surface area (Å²) < 4.78 is 12.4. The number of hydrogen-bond acceptors (Lipinski definition) is 2. The average molecular weight is 276 g/mol. The van der Waals surface area contributed by atoms with E-state index in [1.807, 2.05) is 30.3 Å². The van der Waals surface area contributed by atoms with Crippen molar-refractivity contribution in [1.82, 2.24) is 0 Å². The van der Waals surface area contributed by atoms with Crippen molar-refractivity contribution in [2.45, 2.75) is 38.0 Å². The van der Waals surface area contributed by atoms with E-state index in [9.17, 15) is 9.00 Å². The van der Waals surface area contributed by atoms with Crippen LogP contribution < -0.4 is 0 Å². The van der Waals surface area contributed by atoms with E-state index in [0.717, 1.165) is 41.6 Å². The zero-order valence-electron chi connectivity index (χ0n) is 11.5. The minimum Gasteiger partial charge on any atom is -0.298 e. The van der Waals surface area contributed by atoms with Gasteiger partial charge in [0.1, 0.15) is 6.29 Å². The molecule has 0 aliphatic heterocycles. The van der Waals surface area contributed by atoms with Crippen molar-refractivity contribution in [3.8, 4) is 0 Å². The quantitative estimate of drug-likeness (QED) is 0.789. The molecule has 3 heteroatoms. The molecule has 0 bridgehead atoms. The van der Waals surface area contributed by atoms with E-state index in [-0.39, 0.29) is 5.41 Å². The van der Waals surface area contributed by atoms with Gasteiger partial charge in [-0.15, -0.1) is 0 Å². The van der Waals surface area contributed by atoms with E-state index in [0.29, 0.717) is 5.75 Å². The van der Waals surface area contributed by atoms with E-state index in [2.05, 4.69) is 13.8 Å². The van der Waals surface area contributed by atoms with Gasteiger partial charge in [0.15, 0.2) is 0 Å². The van der Waals surface area contributed by atoms with Crippen LogP contribution in [0.25, 0.3) is 0 Å². The summed E-state index contributed by atoms with van der Waals surface area (Å²) in [6.45, 7) is 4.29. The first-order valence-electron chi connectivity index (χ1n) is 6.66. The van der Waals surface area contributed by atoms with Gasteiger partial charge in [0.2, 0.25) is 0 Å². The molecule has 102 valence electrons. The summed E-state index contributed by atoms with van der Waals surface area (Å²) in [6.07, 6.45) is 3.89. The highest BCUT2D eigenvalue weighted by Crippen LogP contribution is 2.40. The lowest BCUT2D eigenvalue weighted by Crippen LogP contribution is -2.25. The highest BCUT2D eigenvalue weighted by molar-refractivity contribution is 7.85. The minimum atomic E-state index is -1.07. The fourth-order valence-electron chi connectivity index (χ4n) is 2.66. The fraction of sp³-hybridized carbons (Fsp3) is 0.438. The summed E-state index contributed by atoms with van der Waals surface area (Å²) in [5.41, 5.74) is 1.93. The Morgan fingerprint density at radius 3 is 2.58 bits per heavy atom. The SMILES string of the molecule is CC1(C)CCCC(C=O)=C1C[S@](=O)c1ccccc1. The lowest BCUT2D eigenvalue weighted by molar-refractivity contribution is -0.105. The molecule has 0 saturated heterocycles. The Morgan fingerprint density at radius 1 is 1.26 bits per heavy atom. The smallest absolute Gasteiger partial charge is 0.146 e. The summed E-state index contributed by atoms with van der Waals surface area (Å²) in [5.74, 6) is 0.477. The molecule has 0 saturated carbocycles. The Balaban J connectivity index is 2.27. The van der Waals surface area contributed by atoms with Gasteiger partial charge < -0.3 is 0 Å². The highest BCUT2D eigenvalue weighted by Gasteiger charge is 2.30. The molecule has 0 unspecified atom stereocenters. The number of carbonyl (C=O) groups is 1. The lowest BCUT2D eigenvalue weighted by atomic mass is 9.73. The fourth-order valence-corrected chi connectivity index (χ4v) is 4.13. The third kappa shape index (κ3) is 3.21. The van der Waals surface area contributed by atoms with E-state index in [1.165, 1.54) is 0 Å². The number of benzene rings is 1. The Bertz CT molecular complexity index is 515. The Hall–Kier alpha value is -1.22. The van der Waals surface area contributed by atoms with Crippen LogP contribution in [0.5, 0.6) is 0 Å². The van der Waals surface area contributed by atoms with Gasteiger partial charge in [0.25, 0.3) is 0 Å². The summed E-state index contributed by atoms with van der Waals surface area (Å²) in [7, 11) is -1.07. The molecule has 19 heavy (non-hydrogen) atoms. The highest BCUT2D eigenvalue weighted by atomic mass is 32.2. The molecule has 0 amide bonds. The zero-order valence-corrected chi connectivity index (χ0v) is 12.3. The van der Waals surface area contributed by atoms with Crippen LogP contribution in [0.15, 0.2) is 46.4 Å². The van der Waals surface area contributed by atoms with Crippen LogP contribution in [0.4, 0.5) is 0 Å². The van der Waals surface area contributed by atoms with Crippen LogP contribution in [0.1, 0.15) is 33.1 Å².